The van der Waals surface area contributed by atoms with E-state index in [4.69, 9.17) is 18.9 Å². The molecule has 1 aliphatic carbocycles. The molecule has 3 amide bonds. The maximum atomic E-state index is 12.6. The number of cyclic esters (lactones) is 1. The highest BCUT2D eigenvalue weighted by atomic mass is 16.6. The number of alkyl carbamates (subject to hydrolysis) is 1. The van der Waals surface area contributed by atoms with Gasteiger partial charge in [-0.3, -0.25) is 14.6 Å². The third kappa shape index (κ3) is 8.11. The summed E-state index contributed by atoms with van der Waals surface area (Å²) >= 11 is 0. The Hall–Kier alpha value is -4.88. The molecule has 4 heterocycles. The zero-order chi connectivity index (χ0) is 34.8. The molecule has 4 atom stereocenters. The third-order valence-electron chi connectivity index (χ3n) is 9.31. The average Bonchev–Trinajstić information content (AvgIpc) is 3.36. The molecule has 2 aromatic carbocycles. The molecule has 0 bridgehead atoms. The van der Waals surface area contributed by atoms with Crippen LogP contribution in [0.2, 0.25) is 0 Å². The van der Waals surface area contributed by atoms with Gasteiger partial charge in [-0.15, -0.1) is 0 Å². The molecule has 0 radical (unpaired) electrons. The fraction of sp³-hybridized carbons (Fsp3) is 0.459. The maximum absolute atomic E-state index is 12.6. The van der Waals surface area contributed by atoms with Crippen LogP contribution in [-0.4, -0.2) is 91.7 Å². The maximum Gasteiger partial charge on any atom is 0.415 e. The largest absolute Gasteiger partial charge is 0.492 e. The fourth-order valence-electron chi connectivity index (χ4n) is 6.83. The number of anilines is 2. The van der Waals surface area contributed by atoms with Crippen LogP contribution in [0.4, 0.5) is 21.2 Å². The lowest BCUT2D eigenvalue weighted by atomic mass is 10.0. The van der Waals surface area contributed by atoms with Crippen molar-refractivity contribution in [3.63, 3.8) is 0 Å². The predicted octanol–water partition coefficient (Wildman–Crippen LogP) is 4.42. The number of carbonyl (C=O) groups is 3. The highest BCUT2D eigenvalue weighted by molar-refractivity contribution is 5.95. The van der Waals surface area contributed by atoms with Gasteiger partial charge in [0.1, 0.15) is 29.9 Å². The van der Waals surface area contributed by atoms with Crippen LogP contribution in [0.1, 0.15) is 32.8 Å². The zero-order valence-electron chi connectivity index (χ0n) is 28.6. The number of aromatic nitrogens is 1. The molecule has 3 aliphatic heterocycles. The van der Waals surface area contributed by atoms with E-state index in [1.54, 1.807) is 12.1 Å². The number of nitrogens with zero attached hydrogens (tertiary/aromatic N) is 3. The summed E-state index contributed by atoms with van der Waals surface area (Å²) in [5.74, 6) is 2.73. The molecule has 7 rings (SSSR count). The van der Waals surface area contributed by atoms with Gasteiger partial charge >= 0.3 is 12.2 Å². The van der Waals surface area contributed by atoms with Crippen molar-refractivity contribution in [3.8, 4) is 22.6 Å². The van der Waals surface area contributed by atoms with Gasteiger partial charge in [0, 0.05) is 32.2 Å². The van der Waals surface area contributed by atoms with Crippen LogP contribution in [-0.2, 0) is 20.8 Å². The van der Waals surface area contributed by atoms with Gasteiger partial charge in [0.05, 0.1) is 6.54 Å². The van der Waals surface area contributed by atoms with E-state index in [0.29, 0.717) is 61.9 Å². The van der Waals surface area contributed by atoms with Crippen LogP contribution in [0.25, 0.3) is 11.1 Å². The molecule has 13 nitrogen and oxygen atoms in total. The third-order valence-corrected chi connectivity index (χ3v) is 9.31. The van der Waals surface area contributed by atoms with E-state index in [0.717, 1.165) is 42.1 Å². The summed E-state index contributed by atoms with van der Waals surface area (Å²) in [6.07, 6.45) is -0.415. The highest BCUT2D eigenvalue weighted by Crippen LogP contribution is 2.45. The number of ether oxygens (including phenoxy) is 4. The molecule has 0 spiro atoms. The van der Waals surface area contributed by atoms with Gasteiger partial charge in [0.2, 0.25) is 0 Å². The van der Waals surface area contributed by atoms with Crippen molar-refractivity contribution in [1.29, 1.82) is 0 Å². The first-order valence-electron chi connectivity index (χ1n) is 17.2. The number of benzene rings is 2. The lowest BCUT2D eigenvalue weighted by molar-refractivity contribution is -0.118. The molecule has 0 unspecified atom stereocenters. The van der Waals surface area contributed by atoms with E-state index in [1.165, 1.54) is 4.90 Å². The first kappa shape index (κ1) is 33.6. The number of hydrogen-bond donors (Lipinski definition) is 3. The van der Waals surface area contributed by atoms with Crippen molar-refractivity contribution >= 4 is 29.7 Å². The van der Waals surface area contributed by atoms with E-state index in [2.05, 4.69) is 62.2 Å². The SMILES string of the molecule is CC(C)(C)OC(=O)N[C@@H]1[C@@H]2CN(CCOc3cccc(-c4cccc(CNCC[C@H]5CN(c6ccc7c(n6)NC(=O)CO7)C(=O)O5)c4)c3)C[C@@H]21. The molecule has 264 valence electrons. The molecule has 3 N–H and O–H groups in total. The Morgan fingerprint density at radius 3 is 2.60 bits per heavy atom. The summed E-state index contributed by atoms with van der Waals surface area (Å²) < 4.78 is 22.5. The van der Waals surface area contributed by atoms with E-state index in [-0.39, 0.29) is 30.8 Å². The Bertz CT molecular complexity index is 1730. The number of hydrogen-bond acceptors (Lipinski definition) is 10. The molecule has 3 aromatic rings. The van der Waals surface area contributed by atoms with Crippen molar-refractivity contribution in [2.45, 2.75) is 51.5 Å². The minimum atomic E-state index is -0.487. The van der Waals surface area contributed by atoms with Crippen LogP contribution in [0.15, 0.2) is 60.7 Å². The highest BCUT2D eigenvalue weighted by Gasteiger charge is 2.56. The van der Waals surface area contributed by atoms with Gasteiger partial charge in [0.25, 0.3) is 5.91 Å². The number of nitrogens with one attached hydrogen (secondary N) is 3. The van der Waals surface area contributed by atoms with Crippen molar-refractivity contribution in [3.05, 3.63) is 66.2 Å². The number of piperidine rings is 1. The van der Waals surface area contributed by atoms with Crippen LogP contribution in [0.3, 0.4) is 0 Å². The smallest absolute Gasteiger partial charge is 0.415 e. The van der Waals surface area contributed by atoms with Crippen molar-refractivity contribution in [2.24, 2.45) is 11.8 Å². The second-order valence-electron chi connectivity index (χ2n) is 14.3. The fourth-order valence-corrected chi connectivity index (χ4v) is 6.83. The number of amides is 3. The van der Waals surface area contributed by atoms with E-state index >= 15 is 0 Å². The summed E-state index contributed by atoms with van der Waals surface area (Å²) in [6, 6.07) is 20.2. The van der Waals surface area contributed by atoms with Gasteiger partial charge < -0.3 is 34.9 Å². The zero-order valence-corrected chi connectivity index (χ0v) is 28.6. The number of pyridine rings is 1. The van der Waals surface area contributed by atoms with E-state index < -0.39 is 11.7 Å². The van der Waals surface area contributed by atoms with Crippen LogP contribution in [0, 0.1) is 11.8 Å². The minimum absolute atomic E-state index is 0.0523. The van der Waals surface area contributed by atoms with Crippen molar-refractivity contribution < 1.29 is 33.3 Å². The number of rotatable bonds is 12. The van der Waals surface area contributed by atoms with Crippen LogP contribution < -0.4 is 30.3 Å². The lowest BCUT2D eigenvalue weighted by Crippen LogP contribution is -2.38. The molecule has 1 saturated carbocycles. The first-order valence-corrected chi connectivity index (χ1v) is 17.2. The molecular formula is C37H44N6O7. The van der Waals surface area contributed by atoms with Gasteiger partial charge in [0.15, 0.2) is 18.2 Å². The predicted molar refractivity (Wildman–Crippen MR) is 186 cm³/mol. The summed E-state index contributed by atoms with van der Waals surface area (Å²) in [5.41, 5.74) is 2.85. The second kappa shape index (κ2) is 14.2. The van der Waals surface area contributed by atoms with Crippen molar-refractivity contribution in [2.75, 3.05) is 56.2 Å². The second-order valence-corrected chi connectivity index (χ2v) is 14.3. The monoisotopic (exact) mass is 684 g/mol. The van der Waals surface area contributed by atoms with Gasteiger partial charge in [-0.25, -0.2) is 14.6 Å². The number of likely N-dealkylation sites (tertiary alicyclic amines) is 1. The quantitative estimate of drug-likeness (QED) is 0.235. The van der Waals surface area contributed by atoms with Gasteiger partial charge in [-0.05, 0) is 92.6 Å². The lowest BCUT2D eigenvalue weighted by Gasteiger charge is -2.22. The Kier molecular flexibility index (Phi) is 9.52. The summed E-state index contributed by atoms with van der Waals surface area (Å²) in [7, 11) is 0. The molecule has 2 saturated heterocycles. The van der Waals surface area contributed by atoms with Gasteiger partial charge in [-0.2, -0.15) is 0 Å². The van der Waals surface area contributed by atoms with Gasteiger partial charge in [-0.1, -0.05) is 30.3 Å². The summed E-state index contributed by atoms with van der Waals surface area (Å²) in [4.78, 5) is 44.6. The first-order chi connectivity index (χ1) is 24.1. The Balaban J connectivity index is 0.826. The van der Waals surface area contributed by atoms with Crippen LogP contribution in [0.5, 0.6) is 11.5 Å². The normalized spacial score (nSPS) is 22.6. The van der Waals surface area contributed by atoms with E-state index in [9.17, 15) is 14.4 Å². The average molecular weight is 685 g/mol. The number of fused-ring (bicyclic) bond motifs is 2. The van der Waals surface area contributed by atoms with Crippen LogP contribution >= 0.6 is 0 Å². The topological polar surface area (TPSA) is 144 Å². The Labute approximate surface area is 291 Å². The molecule has 1 aromatic heterocycles. The minimum Gasteiger partial charge on any atom is -0.492 e. The number of carbonyl (C=O) groups excluding carboxylic acids is 3. The molecule has 50 heavy (non-hydrogen) atoms. The molecular weight excluding hydrogens is 640 g/mol. The molecule has 13 heteroatoms. The molecule has 3 fully saturated rings. The summed E-state index contributed by atoms with van der Waals surface area (Å²) in [5, 5.41) is 9.17. The Morgan fingerprint density at radius 2 is 1.80 bits per heavy atom. The molecule has 4 aliphatic rings. The summed E-state index contributed by atoms with van der Waals surface area (Å²) in [6.45, 7) is 10.7. The standard InChI is InChI=1S/C37H44N6O7/c1-37(2,3)50-35(45)41-33-28-20-42(21-29(28)33)14-15-47-26-9-5-8-25(17-26)24-7-4-6-23(16-24)18-38-13-12-27-19-43(36(46)49-27)31-11-10-30-34(39-31)40-32(44)22-48-30/h4-11,16-17,27-29,33,38H,12-15,18-22H2,1-3H3,(H,41,45)(H,39,40,44)/t27-,28-,29+,33-/m0/s1. The van der Waals surface area contributed by atoms with E-state index in [1.807, 2.05) is 32.9 Å². The Morgan fingerprint density at radius 1 is 1.02 bits per heavy atom. The van der Waals surface area contributed by atoms with Crippen molar-refractivity contribution in [1.82, 2.24) is 20.5 Å².